The summed E-state index contributed by atoms with van der Waals surface area (Å²) in [7, 11) is -3.39. The minimum atomic E-state index is -3.39. The first-order valence-electron chi connectivity index (χ1n) is 10.8. The molecule has 0 radical (unpaired) electrons. The van der Waals surface area contributed by atoms with Crippen LogP contribution >= 0.6 is 0 Å². The van der Waals surface area contributed by atoms with Gasteiger partial charge in [-0.05, 0) is 61.2 Å². The van der Waals surface area contributed by atoms with E-state index in [-0.39, 0.29) is 22.3 Å². The quantitative estimate of drug-likeness (QED) is 0.707. The number of carbonyl (C=O) groups is 1. The zero-order valence-electron chi connectivity index (χ0n) is 17.9. The third-order valence-corrected chi connectivity index (χ3v) is 8.12. The third kappa shape index (κ3) is 3.39. The van der Waals surface area contributed by atoms with Crippen LogP contribution in [0.25, 0.3) is 0 Å². The summed E-state index contributed by atoms with van der Waals surface area (Å²) in [6.45, 7) is 3.74. The average Bonchev–Trinajstić information content (AvgIpc) is 3.24. The van der Waals surface area contributed by atoms with Gasteiger partial charge in [-0.2, -0.15) is 0 Å². The highest BCUT2D eigenvalue weighted by Crippen LogP contribution is 2.52. The molecule has 2 aromatic rings. The number of fused-ring (bicyclic) bond motifs is 3. The van der Waals surface area contributed by atoms with Crippen molar-refractivity contribution < 1.29 is 22.7 Å². The molecule has 7 heteroatoms. The monoisotopic (exact) mass is 441 g/mol. The predicted octanol–water partition coefficient (Wildman–Crippen LogP) is 3.89. The topological polar surface area (TPSA) is 72.9 Å². The summed E-state index contributed by atoms with van der Waals surface area (Å²) in [6, 6.07) is 10.4. The number of carbonyl (C=O) groups excluding carboxylic acids is 1. The van der Waals surface area contributed by atoms with Crippen molar-refractivity contribution in [3.05, 3.63) is 53.1 Å². The molecule has 1 saturated carbocycles. The Kier molecular flexibility index (Phi) is 4.77. The van der Waals surface area contributed by atoms with Crippen molar-refractivity contribution in [3.63, 3.8) is 0 Å². The molecule has 31 heavy (non-hydrogen) atoms. The number of hydrogen-bond donors (Lipinski definition) is 0. The van der Waals surface area contributed by atoms with Crippen molar-refractivity contribution in [1.82, 2.24) is 4.90 Å². The SMILES string of the molecule is C[C@H]1c2cc3c(cc2C2(CCCC2)CN1C(=O)c1cccc(S(C)(=O)=O)c1)OCCO3. The molecule has 1 spiro atoms. The number of amides is 1. The fraction of sp³-hybridized carbons (Fsp3) is 0.458. The fourth-order valence-corrected chi connectivity index (χ4v) is 6.04. The third-order valence-electron chi connectivity index (χ3n) is 7.01. The summed E-state index contributed by atoms with van der Waals surface area (Å²) < 4.78 is 35.7. The van der Waals surface area contributed by atoms with Crippen molar-refractivity contribution in [2.75, 3.05) is 26.0 Å². The molecule has 0 unspecified atom stereocenters. The zero-order valence-corrected chi connectivity index (χ0v) is 18.7. The van der Waals surface area contributed by atoms with Gasteiger partial charge in [-0.15, -0.1) is 0 Å². The summed E-state index contributed by atoms with van der Waals surface area (Å²) in [5.74, 6) is 1.40. The molecular weight excluding hydrogens is 414 g/mol. The van der Waals surface area contributed by atoms with Gasteiger partial charge in [-0.3, -0.25) is 4.79 Å². The summed E-state index contributed by atoms with van der Waals surface area (Å²) >= 11 is 0. The lowest BCUT2D eigenvalue weighted by Gasteiger charge is -2.46. The van der Waals surface area contributed by atoms with E-state index in [2.05, 4.69) is 6.07 Å². The van der Waals surface area contributed by atoms with Gasteiger partial charge in [-0.1, -0.05) is 18.9 Å². The van der Waals surface area contributed by atoms with Crippen LogP contribution in [-0.2, 0) is 15.3 Å². The van der Waals surface area contributed by atoms with Crippen molar-refractivity contribution in [2.24, 2.45) is 0 Å². The standard InChI is InChI=1S/C24H27NO5S/c1-16-19-13-21-22(30-11-10-29-21)14-20(19)24(8-3-4-9-24)15-25(16)23(26)17-6-5-7-18(12-17)31(2,27)28/h5-7,12-14,16H,3-4,8-11,15H2,1-2H3/t16-/m0/s1. The Morgan fingerprint density at radius 2 is 1.74 bits per heavy atom. The van der Waals surface area contributed by atoms with Gasteiger partial charge in [0.2, 0.25) is 0 Å². The molecule has 0 aromatic heterocycles. The number of hydrogen-bond acceptors (Lipinski definition) is 5. The first kappa shape index (κ1) is 20.4. The van der Waals surface area contributed by atoms with E-state index in [0.29, 0.717) is 25.3 Å². The second-order valence-corrected chi connectivity index (χ2v) is 11.0. The highest BCUT2D eigenvalue weighted by atomic mass is 32.2. The van der Waals surface area contributed by atoms with E-state index in [0.717, 1.165) is 49.0 Å². The van der Waals surface area contributed by atoms with Crippen LogP contribution in [0.15, 0.2) is 41.3 Å². The summed E-state index contributed by atoms with van der Waals surface area (Å²) in [5.41, 5.74) is 2.69. The first-order valence-corrected chi connectivity index (χ1v) is 12.7. The predicted molar refractivity (Wildman–Crippen MR) is 117 cm³/mol. The summed E-state index contributed by atoms with van der Waals surface area (Å²) in [5, 5.41) is 0. The Morgan fingerprint density at radius 1 is 1.06 bits per heavy atom. The van der Waals surface area contributed by atoms with E-state index in [4.69, 9.17) is 9.47 Å². The van der Waals surface area contributed by atoms with Crippen molar-refractivity contribution in [2.45, 2.75) is 49.0 Å². The molecule has 0 saturated heterocycles. The van der Waals surface area contributed by atoms with Crippen LogP contribution in [0, 0.1) is 0 Å². The van der Waals surface area contributed by atoms with Gasteiger partial charge in [0.05, 0.1) is 10.9 Å². The van der Waals surface area contributed by atoms with E-state index in [1.165, 1.54) is 17.7 Å². The van der Waals surface area contributed by atoms with Crippen LogP contribution < -0.4 is 9.47 Å². The number of ether oxygens (including phenoxy) is 2. The normalized spacial score (nSPS) is 21.7. The highest BCUT2D eigenvalue weighted by Gasteiger charge is 2.46. The Labute approximate surface area is 183 Å². The van der Waals surface area contributed by atoms with Crippen LogP contribution in [0.4, 0.5) is 0 Å². The maximum absolute atomic E-state index is 13.6. The molecule has 3 aliphatic rings. The van der Waals surface area contributed by atoms with Crippen LogP contribution in [0.5, 0.6) is 11.5 Å². The Bertz CT molecular complexity index is 1150. The molecule has 1 aliphatic carbocycles. The smallest absolute Gasteiger partial charge is 0.254 e. The maximum atomic E-state index is 13.6. The maximum Gasteiger partial charge on any atom is 0.254 e. The van der Waals surface area contributed by atoms with Crippen LogP contribution in [0.2, 0.25) is 0 Å². The van der Waals surface area contributed by atoms with Crippen LogP contribution in [-0.4, -0.2) is 45.2 Å². The number of sulfone groups is 1. The van der Waals surface area contributed by atoms with Crippen LogP contribution in [0.3, 0.4) is 0 Å². The van der Waals surface area contributed by atoms with E-state index in [1.54, 1.807) is 12.1 Å². The molecule has 1 amide bonds. The second-order valence-electron chi connectivity index (χ2n) is 8.98. The molecule has 2 aromatic carbocycles. The fourth-order valence-electron chi connectivity index (χ4n) is 5.38. The second kappa shape index (κ2) is 7.26. The van der Waals surface area contributed by atoms with Gasteiger partial charge in [-0.25, -0.2) is 8.42 Å². The average molecular weight is 442 g/mol. The van der Waals surface area contributed by atoms with Gasteiger partial charge in [0.1, 0.15) is 13.2 Å². The minimum absolute atomic E-state index is 0.0955. The van der Waals surface area contributed by atoms with Crippen LogP contribution in [0.1, 0.15) is 60.1 Å². The summed E-state index contributed by atoms with van der Waals surface area (Å²) in [4.78, 5) is 15.7. The Hall–Kier alpha value is -2.54. The molecule has 2 aliphatic heterocycles. The highest BCUT2D eigenvalue weighted by molar-refractivity contribution is 7.90. The van der Waals surface area contributed by atoms with Gasteiger partial charge in [0.15, 0.2) is 21.3 Å². The number of rotatable bonds is 2. The molecule has 164 valence electrons. The van der Waals surface area contributed by atoms with E-state index < -0.39 is 9.84 Å². The lowest BCUT2D eigenvalue weighted by Crippen LogP contribution is -2.48. The van der Waals surface area contributed by atoms with Gasteiger partial charge < -0.3 is 14.4 Å². The van der Waals surface area contributed by atoms with Gasteiger partial charge >= 0.3 is 0 Å². The lowest BCUT2D eigenvalue weighted by atomic mass is 9.71. The largest absolute Gasteiger partial charge is 0.486 e. The van der Waals surface area contributed by atoms with Crippen molar-refractivity contribution in [1.29, 1.82) is 0 Å². The lowest BCUT2D eigenvalue weighted by molar-refractivity contribution is 0.0593. The van der Waals surface area contributed by atoms with Gasteiger partial charge in [0.25, 0.3) is 5.91 Å². The molecule has 0 N–H and O–H groups in total. The zero-order chi connectivity index (χ0) is 21.8. The molecular formula is C24H27NO5S. The Morgan fingerprint density at radius 3 is 2.42 bits per heavy atom. The minimum Gasteiger partial charge on any atom is -0.486 e. The first-order chi connectivity index (χ1) is 14.8. The molecule has 1 atom stereocenters. The number of nitrogens with zero attached hydrogens (tertiary/aromatic N) is 1. The molecule has 1 fully saturated rings. The van der Waals surface area contributed by atoms with E-state index in [9.17, 15) is 13.2 Å². The summed E-state index contributed by atoms with van der Waals surface area (Å²) in [6.07, 6.45) is 5.48. The molecule has 5 rings (SSSR count). The van der Waals surface area contributed by atoms with Crippen molar-refractivity contribution >= 4 is 15.7 Å². The van der Waals surface area contributed by atoms with Crippen molar-refractivity contribution in [3.8, 4) is 11.5 Å². The molecule has 0 bridgehead atoms. The van der Waals surface area contributed by atoms with E-state index >= 15 is 0 Å². The molecule has 2 heterocycles. The van der Waals surface area contributed by atoms with Gasteiger partial charge in [0, 0.05) is 23.8 Å². The van der Waals surface area contributed by atoms with E-state index in [1.807, 2.05) is 17.9 Å². The number of benzene rings is 2. The molecule has 6 nitrogen and oxygen atoms in total. The Balaban J connectivity index is 1.58.